The molecule has 0 saturated carbocycles. The van der Waals surface area contributed by atoms with Crippen LogP contribution in [-0.2, 0) is 11.3 Å². The summed E-state index contributed by atoms with van der Waals surface area (Å²) < 4.78 is 0. The number of urea groups is 1. The second kappa shape index (κ2) is 9.77. The molecule has 0 aliphatic carbocycles. The first kappa shape index (κ1) is 21.2. The Bertz CT molecular complexity index is 844. The van der Waals surface area contributed by atoms with Gasteiger partial charge in [0.15, 0.2) is 0 Å². The molecule has 156 valence electrons. The molecule has 5 heteroatoms. The van der Waals surface area contributed by atoms with Crippen molar-refractivity contribution in [1.82, 2.24) is 15.5 Å². The Labute approximate surface area is 173 Å². The van der Waals surface area contributed by atoms with Gasteiger partial charge in [-0.2, -0.15) is 0 Å². The van der Waals surface area contributed by atoms with Gasteiger partial charge in [0.25, 0.3) is 0 Å². The van der Waals surface area contributed by atoms with Crippen molar-refractivity contribution in [3.05, 3.63) is 48.0 Å². The van der Waals surface area contributed by atoms with E-state index < -0.39 is 0 Å². The number of hydrogen-bond acceptors (Lipinski definition) is 2. The van der Waals surface area contributed by atoms with E-state index in [9.17, 15) is 9.59 Å². The van der Waals surface area contributed by atoms with Crippen LogP contribution in [0.4, 0.5) is 4.79 Å². The van der Waals surface area contributed by atoms with Crippen molar-refractivity contribution in [3.8, 4) is 0 Å². The van der Waals surface area contributed by atoms with E-state index in [1.165, 1.54) is 10.8 Å². The van der Waals surface area contributed by atoms with Crippen molar-refractivity contribution in [3.63, 3.8) is 0 Å². The van der Waals surface area contributed by atoms with Gasteiger partial charge in [-0.1, -0.05) is 55.8 Å². The zero-order chi connectivity index (χ0) is 20.8. The van der Waals surface area contributed by atoms with Gasteiger partial charge in [-0.15, -0.1) is 0 Å². The topological polar surface area (TPSA) is 61.4 Å². The summed E-state index contributed by atoms with van der Waals surface area (Å²) >= 11 is 0. The van der Waals surface area contributed by atoms with Crippen molar-refractivity contribution in [1.29, 1.82) is 0 Å². The fraction of sp³-hybridized carbons (Fsp3) is 0.500. The Hall–Kier alpha value is -2.56. The Kier molecular flexibility index (Phi) is 7.13. The molecule has 3 rings (SSSR count). The molecular formula is C24H33N3O2. The highest BCUT2D eigenvalue weighted by Gasteiger charge is 2.31. The van der Waals surface area contributed by atoms with Crippen LogP contribution in [0.25, 0.3) is 10.8 Å². The number of carbonyl (C=O) groups is 2. The fourth-order valence-corrected chi connectivity index (χ4v) is 4.29. The third kappa shape index (κ3) is 5.49. The number of fused-ring (bicyclic) bond motifs is 1. The van der Waals surface area contributed by atoms with E-state index in [4.69, 9.17) is 0 Å². The molecule has 2 atom stereocenters. The smallest absolute Gasteiger partial charge is 0.317 e. The lowest BCUT2D eigenvalue weighted by atomic mass is 9.81. The van der Waals surface area contributed by atoms with Crippen molar-refractivity contribution < 1.29 is 9.59 Å². The van der Waals surface area contributed by atoms with Gasteiger partial charge in [0.05, 0.1) is 0 Å². The molecule has 2 aromatic carbocycles. The number of hydrogen-bond donors (Lipinski definition) is 2. The lowest BCUT2D eigenvalue weighted by Gasteiger charge is -2.38. The first-order valence-corrected chi connectivity index (χ1v) is 10.8. The summed E-state index contributed by atoms with van der Waals surface area (Å²) in [6, 6.07) is 14.6. The first-order chi connectivity index (χ1) is 14.0. The van der Waals surface area contributed by atoms with Gasteiger partial charge in [0.1, 0.15) is 0 Å². The van der Waals surface area contributed by atoms with E-state index >= 15 is 0 Å². The van der Waals surface area contributed by atoms with E-state index in [1.54, 1.807) is 0 Å². The highest BCUT2D eigenvalue weighted by molar-refractivity contribution is 5.86. The highest BCUT2D eigenvalue weighted by Crippen LogP contribution is 2.29. The summed E-state index contributed by atoms with van der Waals surface area (Å²) in [5.74, 6) is 0.794. The quantitative estimate of drug-likeness (QED) is 0.765. The Balaban J connectivity index is 1.54. The van der Waals surface area contributed by atoms with Crippen LogP contribution in [0.15, 0.2) is 42.5 Å². The summed E-state index contributed by atoms with van der Waals surface area (Å²) in [5.41, 5.74) is 1.14. The number of nitrogens with one attached hydrogen (secondary N) is 2. The van der Waals surface area contributed by atoms with Gasteiger partial charge in [0.2, 0.25) is 5.91 Å². The normalized spacial score (nSPS) is 19.4. The minimum Gasteiger partial charge on any atom is -0.352 e. The number of likely N-dealkylation sites (tertiary alicyclic amines) is 1. The molecule has 5 nitrogen and oxygen atoms in total. The van der Waals surface area contributed by atoms with E-state index in [-0.39, 0.29) is 18.0 Å². The minimum atomic E-state index is 0.0114. The fourth-order valence-electron chi connectivity index (χ4n) is 4.29. The van der Waals surface area contributed by atoms with Crippen molar-refractivity contribution in [2.24, 2.45) is 11.8 Å². The molecule has 0 unspecified atom stereocenters. The van der Waals surface area contributed by atoms with Gasteiger partial charge in [0, 0.05) is 32.1 Å². The Morgan fingerprint density at radius 3 is 2.62 bits per heavy atom. The number of benzene rings is 2. The van der Waals surface area contributed by atoms with Gasteiger partial charge in [-0.3, -0.25) is 4.79 Å². The van der Waals surface area contributed by atoms with Gasteiger partial charge < -0.3 is 15.5 Å². The van der Waals surface area contributed by atoms with Gasteiger partial charge >= 0.3 is 6.03 Å². The summed E-state index contributed by atoms with van der Waals surface area (Å²) in [4.78, 5) is 26.8. The molecule has 1 saturated heterocycles. The molecule has 0 aromatic heterocycles. The van der Waals surface area contributed by atoms with Crippen molar-refractivity contribution in [2.45, 2.75) is 52.6 Å². The lowest BCUT2D eigenvalue weighted by molar-refractivity contribution is -0.123. The first-order valence-electron chi connectivity index (χ1n) is 10.8. The van der Waals surface area contributed by atoms with Crippen LogP contribution >= 0.6 is 0 Å². The molecular weight excluding hydrogens is 362 g/mol. The second-order valence-corrected chi connectivity index (χ2v) is 8.39. The van der Waals surface area contributed by atoms with Crippen LogP contribution in [0.5, 0.6) is 0 Å². The van der Waals surface area contributed by atoms with Crippen LogP contribution in [0.2, 0.25) is 0 Å². The standard InChI is InChI=1S/C24H33N3O2/c1-4-18-16-27(24(29)26-17(2)3)13-12-20(18)14-23(28)25-15-21-10-7-9-19-8-5-6-11-22(19)21/h5-11,17-18,20H,4,12-16H2,1-3H3,(H,25,28)(H,26,29)/t18-,20-/m0/s1. The lowest BCUT2D eigenvalue weighted by Crippen LogP contribution is -2.50. The maximum absolute atomic E-state index is 12.6. The summed E-state index contributed by atoms with van der Waals surface area (Å²) in [7, 11) is 0. The molecule has 2 N–H and O–H groups in total. The largest absolute Gasteiger partial charge is 0.352 e. The molecule has 3 amide bonds. The second-order valence-electron chi connectivity index (χ2n) is 8.39. The average Bonchev–Trinajstić information content (AvgIpc) is 2.72. The number of carbonyl (C=O) groups excluding carboxylic acids is 2. The molecule has 0 radical (unpaired) electrons. The van der Waals surface area contributed by atoms with Crippen LogP contribution in [0.1, 0.15) is 45.6 Å². The molecule has 2 aromatic rings. The zero-order valence-electron chi connectivity index (χ0n) is 17.8. The molecule has 0 bridgehead atoms. The molecule has 1 fully saturated rings. The van der Waals surface area contributed by atoms with Crippen LogP contribution in [-0.4, -0.2) is 36.0 Å². The monoisotopic (exact) mass is 395 g/mol. The molecule has 1 heterocycles. The molecule has 29 heavy (non-hydrogen) atoms. The average molecular weight is 396 g/mol. The van der Waals surface area contributed by atoms with Crippen LogP contribution in [0, 0.1) is 11.8 Å². The van der Waals surface area contributed by atoms with E-state index in [1.807, 2.05) is 36.9 Å². The third-order valence-corrected chi connectivity index (χ3v) is 5.92. The summed E-state index contributed by atoms with van der Waals surface area (Å²) in [6.07, 6.45) is 2.39. The SMILES string of the molecule is CC[C@H]1CN(C(=O)NC(C)C)CC[C@H]1CC(=O)NCc1cccc2ccccc12. The van der Waals surface area contributed by atoms with Crippen molar-refractivity contribution >= 4 is 22.7 Å². The summed E-state index contributed by atoms with van der Waals surface area (Å²) in [6.45, 7) is 8.10. The van der Waals surface area contributed by atoms with E-state index in [0.717, 1.165) is 31.5 Å². The molecule has 1 aliphatic heterocycles. The number of nitrogens with zero attached hydrogens (tertiary/aromatic N) is 1. The minimum absolute atomic E-state index is 0.0114. The zero-order valence-corrected chi connectivity index (χ0v) is 17.8. The van der Waals surface area contributed by atoms with Gasteiger partial charge in [-0.05, 0) is 48.4 Å². The molecule has 1 aliphatic rings. The predicted octanol–water partition coefficient (Wildman–Crippen LogP) is 4.31. The van der Waals surface area contributed by atoms with E-state index in [0.29, 0.717) is 24.8 Å². The number of amides is 3. The number of rotatable bonds is 6. The van der Waals surface area contributed by atoms with Gasteiger partial charge in [-0.25, -0.2) is 4.79 Å². The molecule has 0 spiro atoms. The summed E-state index contributed by atoms with van der Waals surface area (Å²) in [5, 5.41) is 8.46. The Morgan fingerprint density at radius 1 is 1.10 bits per heavy atom. The van der Waals surface area contributed by atoms with Crippen molar-refractivity contribution in [2.75, 3.05) is 13.1 Å². The maximum Gasteiger partial charge on any atom is 0.317 e. The third-order valence-electron chi connectivity index (χ3n) is 5.92. The maximum atomic E-state index is 12.6. The number of piperidine rings is 1. The van der Waals surface area contributed by atoms with Crippen LogP contribution in [0.3, 0.4) is 0 Å². The van der Waals surface area contributed by atoms with E-state index in [2.05, 4.69) is 41.8 Å². The predicted molar refractivity (Wildman–Crippen MR) is 118 cm³/mol. The highest BCUT2D eigenvalue weighted by atomic mass is 16.2. The Morgan fingerprint density at radius 2 is 1.86 bits per heavy atom. The van der Waals surface area contributed by atoms with Crippen LogP contribution < -0.4 is 10.6 Å².